The van der Waals surface area contributed by atoms with E-state index in [0.717, 1.165) is 6.42 Å². The first kappa shape index (κ1) is 12.8. The van der Waals surface area contributed by atoms with Gasteiger partial charge in [0, 0.05) is 24.0 Å². The predicted octanol–water partition coefficient (Wildman–Crippen LogP) is 3.31. The molecule has 19 heavy (non-hydrogen) atoms. The van der Waals surface area contributed by atoms with E-state index in [9.17, 15) is 0 Å². The van der Waals surface area contributed by atoms with Crippen molar-refractivity contribution in [1.82, 2.24) is 14.9 Å². The molecule has 0 aliphatic carbocycles. The normalized spacial score (nSPS) is 19.9. The number of nitrogens with zero attached hydrogens (tertiary/aromatic N) is 3. The van der Waals surface area contributed by atoms with Crippen molar-refractivity contribution < 1.29 is 0 Å². The topological polar surface area (TPSA) is 29.0 Å². The summed E-state index contributed by atoms with van der Waals surface area (Å²) in [6, 6.07) is 4.74. The molecule has 3 rings (SSSR count). The molecule has 1 atom stereocenters. The highest BCUT2D eigenvalue weighted by Crippen LogP contribution is 2.32. The minimum Gasteiger partial charge on any atom is -0.294 e. The van der Waals surface area contributed by atoms with Crippen molar-refractivity contribution >= 4 is 11.3 Å². The third-order valence-electron chi connectivity index (χ3n) is 3.73. The monoisotopic (exact) mass is 273 g/mol. The Kier molecular flexibility index (Phi) is 4.20. The van der Waals surface area contributed by atoms with E-state index in [-0.39, 0.29) is 0 Å². The molecule has 1 saturated heterocycles. The van der Waals surface area contributed by atoms with E-state index in [2.05, 4.69) is 26.3 Å². The number of pyridine rings is 1. The summed E-state index contributed by atoms with van der Waals surface area (Å²) >= 11 is 1.79. The van der Waals surface area contributed by atoms with E-state index in [1.807, 2.05) is 24.7 Å². The SMILES string of the molecule is c1cncc(CCCN2CCC[C@H]2c2nccs2)c1. The van der Waals surface area contributed by atoms with Crippen LogP contribution in [-0.2, 0) is 6.42 Å². The maximum Gasteiger partial charge on any atom is 0.110 e. The number of rotatable bonds is 5. The van der Waals surface area contributed by atoms with Gasteiger partial charge in [0.25, 0.3) is 0 Å². The van der Waals surface area contributed by atoms with Crippen LogP contribution in [0.3, 0.4) is 0 Å². The van der Waals surface area contributed by atoms with Crippen LogP contribution in [0.25, 0.3) is 0 Å². The second kappa shape index (κ2) is 6.26. The van der Waals surface area contributed by atoms with Gasteiger partial charge in [-0.3, -0.25) is 9.88 Å². The van der Waals surface area contributed by atoms with E-state index in [1.165, 1.54) is 42.9 Å². The molecule has 0 amide bonds. The number of hydrogen-bond donors (Lipinski definition) is 0. The Morgan fingerprint density at radius 2 is 2.37 bits per heavy atom. The van der Waals surface area contributed by atoms with Crippen molar-refractivity contribution in [2.75, 3.05) is 13.1 Å². The van der Waals surface area contributed by atoms with Gasteiger partial charge in [0.1, 0.15) is 5.01 Å². The molecule has 100 valence electrons. The molecule has 3 nitrogen and oxygen atoms in total. The van der Waals surface area contributed by atoms with Crippen molar-refractivity contribution in [1.29, 1.82) is 0 Å². The van der Waals surface area contributed by atoms with Crippen molar-refractivity contribution in [2.24, 2.45) is 0 Å². The van der Waals surface area contributed by atoms with Crippen molar-refractivity contribution in [3.63, 3.8) is 0 Å². The third kappa shape index (κ3) is 3.19. The van der Waals surface area contributed by atoms with Gasteiger partial charge in [0.05, 0.1) is 6.04 Å². The Labute approximate surface area is 118 Å². The van der Waals surface area contributed by atoms with Crippen LogP contribution < -0.4 is 0 Å². The van der Waals surface area contributed by atoms with Crippen LogP contribution >= 0.6 is 11.3 Å². The molecule has 2 aromatic heterocycles. The first-order chi connectivity index (χ1) is 9.43. The highest BCUT2D eigenvalue weighted by Gasteiger charge is 2.26. The van der Waals surface area contributed by atoms with Crippen molar-refractivity contribution in [3.8, 4) is 0 Å². The Balaban J connectivity index is 1.52. The van der Waals surface area contributed by atoms with Crippen molar-refractivity contribution in [2.45, 2.75) is 31.7 Å². The molecule has 1 aliphatic rings. The van der Waals surface area contributed by atoms with E-state index in [0.29, 0.717) is 6.04 Å². The smallest absolute Gasteiger partial charge is 0.110 e. The van der Waals surface area contributed by atoms with Crippen LogP contribution in [0.1, 0.15) is 35.9 Å². The lowest BCUT2D eigenvalue weighted by Gasteiger charge is -2.22. The summed E-state index contributed by atoms with van der Waals surface area (Å²) in [7, 11) is 0. The fourth-order valence-corrected chi connectivity index (χ4v) is 3.61. The second-order valence-corrected chi connectivity index (χ2v) is 5.96. The molecular weight excluding hydrogens is 254 g/mol. The van der Waals surface area contributed by atoms with E-state index >= 15 is 0 Å². The van der Waals surface area contributed by atoms with Gasteiger partial charge in [-0.25, -0.2) is 4.98 Å². The fraction of sp³-hybridized carbons (Fsp3) is 0.467. The van der Waals surface area contributed by atoms with Gasteiger partial charge < -0.3 is 0 Å². The van der Waals surface area contributed by atoms with Crippen LogP contribution in [0.15, 0.2) is 36.1 Å². The second-order valence-electron chi connectivity index (χ2n) is 5.03. The first-order valence-corrected chi connectivity index (χ1v) is 7.84. The number of likely N-dealkylation sites (tertiary alicyclic amines) is 1. The summed E-state index contributed by atoms with van der Waals surface area (Å²) < 4.78 is 0. The Morgan fingerprint density at radius 3 is 3.16 bits per heavy atom. The van der Waals surface area contributed by atoms with E-state index in [1.54, 1.807) is 11.3 Å². The molecule has 0 aromatic carbocycles. The average Bonchev–Trinajstić information content (AvgIpc) is 3.10. The summed E-state index contributed by atoms with van der Waals surface area (Å²) in [6.45, 7) is 2.39. The van der Waals surface area contributed by atoms with Crippen LogP contribution in [0.2, 0.25) is 0 Å². The summed E-state index contributed by atoms with van der Waals surface area (Å²) in [6.07, 6.45) is 10.6. The number of aromatic nitrogens is 2. The zero-order valence-electron chi connectivity index (χ0n) is 11.0. The Bertz CT molecular complexity index is 483. The lowest BCUT2D eigenvalue weighted by molar-refractivity contribution is 0.253. The molecule has 2 aromatic rings. The first-order valence-electron chi connectivity index (χ1n) is 6.96. The lowest BCUT2D eigenvalue weighted by atomic mass is 10.1. The molecule has 0 unspecified atom stereocenters. The highest BCUT2D eigenvalue weighted by molar-refractivity contribution is 7.09. The molecule has 0 radical (unpaired) electrons. The third-order valence-corrected chi connectivity index (χ3v) is 4.61. The minimum absolute atomic E-state index is 0.564. The molecule has 0 N–H and O–H groups in total. The average molecular weight is 273 g/mol. The Hall–Kier alpha value is -1.26. The summed E-state index contributed by atoms with van der Waals surface area (Å²) in [4.78, 5) is 11.2. The predicted molar refractivity (Wildman–Crippen MR) is 78.2 cm³/mol. The lowest BCUT2D eigenvalue weighted by Crippen LogP contribution is -2.24. The van der Waals surface area contributed by atoms with Crippen LogP contribution in [0.5, 0.6) is 0 Å². The maximum atomic E-state index is 4.48. The fourth-order valence-electron chi connectivity index (χ4n) is 2.80. The van der Waals surface area contributed by atoms with Gasteiger partial charge in [-0.05, 0) is 50.4 Å². The van der Waals surface area contributed by atoms with Gasteiger partial charge in [0.15, 0.2) is 0 Å². The summed E-state index contributed by atoms with van der Waals surface area (Å²) in [5.74, 6) is 0. The molecule has 4 heteroatoms. The quantitative estimate of drug-likeness (QED) is 0.837. The molecule has 1 fully saturated rings. The standard InChI is InChI=1S/C15H19N3S/c1-4-13(12-16-7-1)5-2-9-18-10-3-6-14(18)15-17-8-11-19-15/h1,4,7-8,11-12,14H,2-3,5-6,9-10H2/t14-/m0/s1. The molecular formula is C15H19N3S. The van der Waals surface area contributed by atoms with Crippen LogP contribution in [0, 0.1) is 0 Å². The van der Waals surface area contributed by atoms with Crippen LogP contribution in [-0.4, -0.2) is 28.0 Å². The highest BCUT2D eigenvalue weighted by atomic mass is 32.1. The van der Waals surface area contributed by atoms with Gasteiger partial charge in [-0.2, -0.15) is 0 Å². The van der Waals surface area contributed by atoms with Gasteiger partial charge in [-0.1, -0.05) is 6.07 Å². The van der Waals surface area contributed by atoms with Crippen molar-refractivity contribution in [3.05, 3.63) is 46.7 Å². The number of hydrogen-bond acceptors (Lipinski definition) is 4. The molecule has 3 heterocycles. The zero-order valence-corrected chi connectivity index (χ0v) is 11.9. The summed E-state index contributed by atoms with van der Waals surface area (Å²) in [5, 5.41) is 3.38. The van der Waals surface area contributed by atoms with Crippen LogP contribution in [0.4, 0.5) is 0 Å². The van der Waals surface area contributed by atoms with Gasteiger partial charge in [0.2, 0.25) is 0 Å². The van der Waals surface area contributed by atoms with E-state index < -0.39 is 0 Å². The molecule has 1 aliphatic heterocycles. The maximum absolute atomic E-state index is 4.48. The van der Waals surface area contributed by atoms with Gasteiger partial charge in [-0.15, -0.1) is 11.3 Å². The molecule has 0 saturated carbocycles. The Morgan fingerprint density at radius 1 is 1.37 bits per heavy atom. The number of thiazole rings is 1. The van der Waals surface area contributed by atoms with E-state index in [4.69, 9.17) is 0 Å². The largest absolute Gasteiger partial charge is 0.294 e. The summed E-state index contributed by atoms with van der Waals surface area (Å²) in [5.41, 5.74) is 1.34. The zero-order chi connectivity index (χ0) is 12.9. The molecule has 0 spiro atoms. The number of aryl methyl sites for hydroxylation is 1. The molecule has 0 bridgehead atoms. The minimum atomic E-state index is 0.564. The van der Waals surface area contributed by atoms with Gasteiger partial charge >= 0.3 is 0 Å².